The maximum absolute atomic E-state index is 14.0. The summed E-state index contributed by atoms with van der Waals surface area (Å²) >= 11 is 12.0. The van der Waals surface area contributed by atoms with Gasteiger partial charge in [-0.05, 0) is 48.7 Å². The van der Waals surface area contributed by atoms with Crippen LogP contribution >= 0.6 is 23.2 Å². The van der Waals surface area contributed by atoms with Crippen LogP contribution in [0.25, 0.3) is 0 Å². The zero-order valence-corrected chi connectivity index (χ0v) is 13.3. The second-order valence-electron chi connectivity index (χ2n) is 4.84. The number of rotatable bonds is 6. The van der Waals surface area contributed by atoms with Crippen LogP contribution in [0.5, 0.6) is 0 Å². The number of benzene rings is 1. The Bertz CT molecular complexity index is 605. The van der Waals surface area contributed by atoms with E-state index in [4.69, 9.17) is 23.2 Å². The summed E-state index contributed by atoms with van der Waals surface area (Å²) < 4.78 is 14.0. The Balaban J connectivity index is 2.26. The lowest BCUT2D eigenvalue weighted by atomic mass is 9.99. The van der Waals surface area contributed by atoms with Gasteiger partial charge in [-0.2, -0.15) is 0 Å². The van der Waals surface area contributed by atoms with Crippen LogP contribution in [0.2, 0.25) is 10.0 Å². The molecule has 0 saturated carbocycles. The zero-order chi connectivity index (χ0) is 15.2. The van der Waals surface area contributed by atoms with Gasteiger partial charge in [-0.25, -0.2) is 4.39 Å². The maximum Gasteiger partial charge on any atom is 0.127 e. The molecule has 0 spiro atoms. The minimum Gasteiger partial charge on any atom is -0.310 e. The van der Waals surface area contributed by atoms with E-state index in [9.17, 15) is 4.39 Å². The van der Waals surface area contributed by atoms with Crippen molar-refractivity contribution < 1.29 is 4.39 Å². The Kier molecular flexibility index (Phi) is 5.97. The standard InChI is InChI=1S/C16H17Cl2FN2/c1-2-6-21-16(13-5-7-20-10-14(13)18)8-11-3-4-12(17)9-15(11)19/h3-5,7,9-10,16,21H,2,6,8H2,1H3. The molecule has 0 aliphatic carbocycles. The summed E-state index contributed by atoms with van der Waals surface area (Å²) in [5.74, 6) is -0.295. The van der Waals surface area contributed by atoms with Crippen molar-refractivity contribution in [3.8, 4) is 0 Å². The summed E-state index contributed by atoms with van der Waals surface area (Å²) in [6.45, 7) is 2.92. The third-order valence-electron chi connectivity index (χ3n) is 3.26. The topological polar surface area (TPSA) is 24.9 Å². The lowest BCUT2D eigenvalue weighted by Gasteiger charge is -2.20. The number of nitrogens with one attached hydrogen (secondary N) is 1. The predicted molar refractivity (Wildman–Crippen MR) is 85.4 cm³/mol. The molecule has 0 aliphatic heterocycles. The summed E-state index contributed by atoms with van der Waals surface area (Å²) in [6, 6.07) is 6.56. The van der Waals surface area contributed by atoms with E-state index in [1.165, 1.54) is 6.07 Å². The number of hydrogen-bond donors (Lipinski definition) is 1. The van der Waals surface area contributed by atoms with Gasteiger partial charge in [0.2, 0.25) is 0 Å². The van der Waals surface area contributed by atoms with Gasteiger partial charge in [0.05, 0.1) is 5.02 Å². The quantitative estimate of drug-likeness (QED) is 0.823. The van der Waals surface area contributed by atoms with Crippen molar-refractivity contribution in [1.29, 1.82) is 0 Å². The maximum atomic E-state index is 14.0. The number of nitrogens with zero attached hydrogens (tertiary/aromatic N) is 1. The Morgan fingerprint density at radius 1 is 1.29 bits per heavy atom. The molecule has 2 nitrogen and oxygen atoms in total. The van der Waals surface area contributed by atoms with Gasteiger partial charge in [-0.15, -0.1) is 0 Å². The van der Waals surface area contributed by atoms with Crippen molar-refractivity contribution in [3.63, 3.8) is 0 Å². The zero-order valence-electron chi connectivity index (χ0n) is 11.7. The van der Waals surface area contributed by atoms with E-state index < -0.39 is 0 Å². The lowest BCUT2D eigenvalue weighted by molar-refractivity contribution is 0.513. The smallest absolute Gasteiger partial charge is 0.127 e. The molecule has 21 heavy (non-hydrogen) atoms. The highest BCUT2D eigenvalue weighted by atomic mass is 35.5. The number of pyridine rings is 1. The van der Waals surface area contributed by atoms with E-state index in [0.717, 1.165) is 18.5 Å². The SMILES string of the molecule is CCCNC(Cc1ccc(Cl)cc1F)c1ccncc1Cl. The molecule has 1 N–H and O–H groups in total. The normalized spacial score (nSPS) is 12.4. The van der Waals surface area contributed by atoms with E-state index in [-0.39, 0.29) is 11.9 Å². The largest absolute Gasteiger partial charge is 0.310 e. The van der Waals surface area contributed by atoms with Gasteiger partial charge in [0, 0.05) is 23.5 Å². The molecular weight excluding hydrogens is 310 g/mol. The first kappa shape index (κ1) is 16.2. The first-order valence-corrected chi connectivity index (χ1v) is 7.64. The molecule has 0 radical (unpaired) electrons. The Morgan fingerprint density at radius 2 is 2.10 bits per heavy atom. The van der Waals surface area contributed by atoms with Gasteiger partial charge in [0.25, 0.3) is 0 Å². The van der Waals surface area contributed by atoms with Gasteiger partial charge < -0.3 is 5.32 Å². The summed E-state index contributed by atoms with van der Waals surface area (Å²) in [6.07, 6.45) is 4.80. The van der Waals surface area contributed by atoms with Crippen LogP contribution in [0.4, 0.5) is 4.39 Å². The van der Waals surface area contributed by atoms with Crippen LogP contribution < -0.4 is 5.32 Å². The van der Waals surface area contributed by atoms with Crippen molar-refractivity contribution in [2.75, 3.05) is 6.54 Å². The highest BCUT2D eigenvalue weighted by Gasteiger charge is 2.16. The Labute approximate surface area is 134 Å². The monoisotopic (exact) mass is 326 g/mol. The Hall–Kier alpha value is -1.16. The van der Waals surface area contributed by atoms with Crippen LogP contribution in [-0.4, -0.2) is 11.5 Å². The van der Waals surface area contributed by atoms with Crippen LogP contribution in [0.15, 0.2) is 36.7 Å². The van der Waals surface area contributed by atoms with Gasteiger partial charge in [-0.1, -0.05) is 36.2 Å². The van der Waals surface area contributed by atoms with Crippen molar-refractivity contribution in [3.05, 3.63) is 63.6 Å². The first-order chi connectivity index (χ1) is 10.1. The van der Waals surface area contributed by atoms with Gasteiger partial charge in [0.1, 0.15) is 5.82 Å². The first-order valence-electron chi connectivity index (χ1n) is 6.88. The number of aromatic nitrogens is 1. The third kappa shape index (κ3) is 4.40. The van der Waals surface area contributed by atoms with Gasteiger partial charge >= 0.3 is 0 Å². The van der Waals surface area contributed by atoms with E-state index in [1.807, 2.05) is 6.07 Å². The fourth-order valence-electron chi connectivity index (χ4n) is 2.19. The summed E-state index contributed by atoms with van der Waals surface area (Å²) in [4.78, 5) is 3.99. The fraction of sp³-hybridized carbons (Fsp3) is 0.312. The van der Waals surface area contributed by atoms with Crippen molar-refractivity contribution in [1.82, 2.24) is 10.3 Å². The highest BCUT2D eigenvalue weighted by molar-refractivity contribution is 6.31. The molecule has 2 aromatic rings. The highest BCUT2D eigenvalue weighted by Crippen LogP contribution is 2.26. The Morgan fingerprint density at radius 3 is 2.76 bits per heavy atom. The summed E-state index contributed by atoms with van der Waals surface area (Å²) in [5, 5.41) is 4.39. The fourth-order valence-corrected chi connectivity index (χ4v) is 2.60. The summed E-state index contributed by atoms with van der Waals surface area (Å²) in [7, 11) is 0. The molecule has 0 bridgehead atoms. The van der Waals surface area contributed by atoms with E-state index in [0.29, 0.717) is 22.0 Å². The summed E-state index contributed by atoms with van der Waals surface area (Å²) in [5.41, 5.74) is 1.54. The molecule has 0 aliphatic rings. The molecule has 0 saturated heterocycles. The van der Waals surface area contributed by atoms with Crippen molar-refractivity contribution in [2.45, 2.75) is 25.8 Å². The molecule has 112 valence electrons. The van der Waals surface area contributed by atoms with Gasteiger partial charge in [-0.3, -0.25) is 4.98 Å². The van der Waals surface area contributed by atoms with Crippen LogP contribution in [0.3, 0.4) is 0 Å². The number of halogens is 3. The molecule has 1 unspecified atom stereocenters. The number of hydrogen-bond acceptors (Lipinski definition) is 2. The van der Waals surface area contributed by atoms with E-state index in [1.54, 1.807) is 24.5 Å². The molecule has 1 heterocycles. The molecule has 1 aromatic heterocycles. The lowest BCUT2D eigenvalue weighted by Crippen LogP contribution is -2.24. The van der Waals surface area contributed by atoms with Crippen LogP contribution in [0.1, 0.15) is 30.5 Å². The average Bonchev–Trinajstić information content (AvgIpc) is 2.46. The molecule has 0 fully saturated rings. The molecule has 1 aromatic carbocycles. The predicted octanol–water partition coefficient (Wildman–Crippen LogP) is 4.81. The molecule has 5 heteroatoms. The van der Waals surface area contributed by atoms with E-state index in [2.05, 4.69) is 17.2 Å². The molecule has 1 atom stereocenters. The minimum absolute atomic E-state index is 0.0591. The second-order valence-corrected chi connectivity index (χ2v) is 5.69. The van der Waals surface area contributed by atoms with E-state index >= 15 is 0 Å². The van der Waals surface area contributed by atoms with Crippen molar-refractivity contribution in [2.24, 2.45) is 0 Å². The molecular formula is C16H17Cl2FN2. The van der Waals surface area contributed by atoms with Crippen LogP contribution in [-0.2, 0) is 6.42 Å². The average molecular weight is 327 g/mol. The molecule has 0 amide bonds. The molecule has 2 rings (SSSR count). The van der Waals surface area contributed by atoms with Gasteiger partial charge in [0.15, 0.2) is 0 Å². The second kappa shape index (κ2) is 7.74. The third-order valence-corrected chi connectivity index (χ3v) is 3.81. The van der Waals surface area contributed by atoms with Crippen molar-refractivity contribution >= 4 is 23.2 Å². The minimum atomic E-state index is -0.295. The van der Waals surface area contributed by atoms with Crippen LogP contribution in [0, 0.1) is 5.82 Å².